The van der Waals surface area contributed by atoms with E-state index >= 15 is 0 Å². The maximum Gasteiger partial charge on any atom is 0.334 e. The molecule has 112 valence electrons. The van der Waals surface area contributed by atoms with Crippen molar-refractivity contribution < 1.29 is 14.3 Å². The lowest BCUT2D eigenvalue weighted by molar-refractivity contribution is -0.136. The second-order valence-corrected chi connectivity index (χ2v) is 5.14. The van der Waals surface area contributed by atoms with E-state index in [1.807, 2.05) is 38.1 Å². The zero-order chi connectivity index (χ0) is 15.4. The second kappa shape index (κ2) is 6.57. The molecule has 0 aliphatic heterocycles. The van der Waals surface area contributed by atoms with Crippen LogP contribution in [0.5, 0.6) is 0 Å². The molecule has 21 heavy (non-hydrogen) atoms. The van der Waals surface area contributed by atoms with Gasteiger partial charge in [-0.05, 0) is 44.7 Å². The minimum absolute atomic E-state index is 0.0790. The van der Waals surface area contributed by atoms with E-state index in [4.69, 9.17) is 4.74 Å². The van der Waals surface area contributed by atoms with Crippen LogP contribution in [0, 0.1) is 6.92 Å². The number of nitrogens with zero attached hydrogens (tertiary/aromatic N) is 1. The zero-order valence-corrected chi connectivity index (χ0v) is 12.8. The van der Waals surface area contributed by atoms with Gasteiger partial charge in [0.15, 0.2) is 0 Å². The predicted octanol–water partition coefficient (Wildman–Crippen LogP) is 3.00. The number of hydrogen-bond acceptors (Lipinski definition) is 3. The van der Waals surface area contributed by atoms with Gasteiger partial charge in [-0.3, -0.25) is 4.79 Å². The minimum atomic E-state index is -0.378. The van der Waals surface area contributed by atoms with Crippen LogP contribution in [0.1, 0.15) is 31.7 Å². The molecule has 4 nitrogen and oxygen atoms in total. The molecule has 4 heteroatoms. The van der Waals surface area contributed by atoms with Gasteiger partial charge in [0.05, 0.1) is 7.11 Å². The summed E-state index contributed by atoms with van der Waals surface area (Å²) in [7, 11) is 1.36. The van der Waals surface area contributed by atoms with E-state index in [0.29, 0.717) is 30.5 Å². The van der Waals surface area contributed by atoms with Crippen molar-refractivity contribution in [2.75, 3.05) is 18.6 Å². The minimum Gasteiger partial charge on any atom is -0.466 e. The van der Waals surface area contributed by atoms with Crippen LogP contribution in [0.3, 0.4) is 0 Å². The number of ether oxygens (including phenoxy) is 1. The number of rotatable bonds is 4. The number of carbonyl (C=O) groups is 2. The van der Waals surface area contributed by atoms with E-state index in [9.17, 15) is 9.59 Å². The van der Waals surface area contributed by atoms with Crippen LogP contribution in [0.4, 0.5) is 5.69 Å². The van der Waals surface area contributed by atoms with E-state index < -0.39 is 0 Å². The van der Waals surface area contributed by atoms with Gasteiger partial charge in [-0.2, -0.15) is 0 Å². The lowest BCUT2D eigenvalue weighted by Crippen LogP contribution is -2.33. The van der Waals surface area contributed by atoms with Gasteiger partial charge < -0.3 is 9.64 Å². The van der Waals surface area contributed by atoms with Gasteiger partial charge in [-0.1, -0.05) is 18.2 Å². The quantitative estimate of drug-likeness (QED) is 0.800. The standard InChI is InChI=1S/C17H21NO3/c1-4-18(15-11-6-5-8-12(15)2)16(19)13-9-7-10-14(13)17(20)21-3/h5-6,8,11H,4,7,9-10H2,1-3H3. The highest BCUT2D eigenvalue weighted by molar-refractivity contribution is 6.11. The van der Waals surface area contributed by atoms with Crippen molar-refractivity contribution in [1.82, 2.24) is 0 Å². The number of methoxy groups -OCH3 is 1. The van der Waals surface area contributed by atoms with Gasteiger partial charge in [-0.15, -0.1) is 0 Å². The molecular weight excluding hydrogens is 266 g/mol. The molecule has 1 aromatic rings. The molecule has 1 aliphatic carbocycles. The highest BCUT2D eigenvalue weighted by atomic mass is 16.5. The Labute approximate surface area is 125 Å². The fourth-order valence-corrected chi connectivity index (χ4v) is 2.78. The molecule has 0 unspecified atom stereocenters. The third kappa shape index (κ3) is 2.99. The summed E-state index contributed by atoms with van der Waals surface area (Å²) in [5, 5.41) is 0. The molecule has 0 heterocycles. The first-order chi connectivity index (χ1) is 10.1. The van der Waals surface area contributed by atoms with Crippen molar-refractivity contribution in [3.05, 3.63) is 41.0 Å². The van der Waals surface area contributed by atoms with E-state index in [-0.39, 0.29) is 11.9 Å². The molecular formula is C17H21NO3. The van der Waals surface area contributed by atoms with Gasteiger partial charge in [0.25, 0.3) is 5.91 Å². The molecule has 0 radical (unpaired) electrons. The summed E-state index contributed by atoms with van der Waals surface area (Å²) in [5.74, 6) is -0.457. The third-order valence-corrected chi connectivity index (χ3v) is 3.88. The fourth-order valence-electron chi connectivity index (χ4n) is 2.78. The number of hydrogen-bond donors (Lipinski definition) is 0. The first-order valence-corrected chi connectivity index (χ1v) is 7.28. The molecule has 1 aliphatic rings. The van der Waals surface area contributed by atoms with Gasteiger partial charge in [-0.25, -0.2) is 4.79 Å². The molecule has 0 atom stereocenters. The number of esters is 1. The number of benzene rings is 1. The number of likely N-dealkylation sites (N-methyl/N-ethyl adjacent to an activating group) is 1. The highest BCUT2D eigenvalue weighted by Gasteiger charge is 2.29. The predicted molar refractivity (Wildman–Crippen MR) is 82.1 cm³/mol. The Hall–Kier alpha value is -2.10. The third-order valence-electron chi connectivity index (χ3n) is 3.88. The average Bonchev–Trinajstić information content (AvgIpc) is 2.98. The summed E-state index contributed by atoms with van der Waals surface area (Å²) in [6.45, 7) is 4.49. The Morgan fingerprint density at radius 1 is 1.19 bits per heavy atom. The Morgan fingerprint density at radius 2 is 1.86 bits per heavy atom. The van der Waals surface area contributed by atoms with Crippen LogP contribution in [0.2, 0.25) is 0 Å². The number of carbonyl (C=O) groups excluding carboxylic acids is 2. The molecule has 0 aromatic heterocycles. The van der Waals surface area contributed by atoms with Gasteiger partial charge >= 0.3 is 5.97 Å². The van der Waals surface area contributed by atoms with Crippen molar-refractivity contribution in [2.45, 2.75) is 33.1 Å². The Bertz CT molecular complexity index is 589. The summed E-state index contributed by atoms with van der Waals surface area (Å²) in [4.78, 5) is 26.3. The van der Waals surface area contributed by atoms with Crippen LogP contribution in [0.15, 0.2) is 35.4 Å². The van der Waals surface area contributed by atoms with E-state index in [1.54, 1.807) is 4.90 Å². The number of anilines is 1. The molecule has 0 fully saturated rings. The Balaban J connectivity index is 2.37. The molecule has 0 bridgehead atoms. The number of aryl methyl sites for hydroxylation is 1. The van der Waals surface area contributed by atoms with Crippen molar-refractivity contribution >= 4 is 17.6 Å². The molecule has 1 amide bonds. The first kappa shape index (κ1) is 15.3. The number of para-hydroxylation sites is 1. The SMILES string of the molecule is CCN(C(=O)C1=C(C(=O)OC)CCC1)c1ccccc1C. The first-order valence-electron chi connectivity index (χ1n) is 7.28. The van der Waals surface area contributed by atoms with Gasteiger partial charge in [0.1, 0.15) is 0 Å². The van der Waals surface area contributed by atoms with Crippen LogP contribution < -0.4 is 4.90 Å². The molecule has 0 spiro atoms. The Kier molecular flexibility index (Phi) is 4.78. The average molecular weight is 287 g/mol. The van der Waals surface area contributed by atoms with E-state index in [1.165, 1.54) is 7.11 Å². The van der Waals surface area contributed by atoms with Crippen molar-refractivity contribution in [1.29, 1.82) is 0 Å². The van der Waals surface area contributed by atoms with E-state index in [2.05, 4.69) is 0 Å². The molecule has 2 rings (SSSR count). The van der Waals surface area contributed by atoms with Gasteiger partial charge in [0.2, 0.25) is 0 Å². The lowest BCUT2D eigenvalue weighted by Gasteiger charge is -2.24. The zero-order valence-electron chi connectivity index (χ0n) is 12.8. The maximum atomic E-state index is 12.8. The topological polar surface area (TPSA) is 46.6 Å². The molecule has 0 saturated carbocycles. The highest BCUT2D eigenvalue weighted by Crippen LogP contribution is 2.30. The maximum absolute atomic E-state index is 12.8. The van der Waals surface area contributed by atoms with Crippen LogP contribution in [-0.2, 0) is 14.3 Å². The Morgan fingerprint density at radius 3 is 2.48 bits per heavy atom. The lowest BCUT2D eigenvalue weighted by atomic mass is 10.1. The van der Waals surface area contributed by atoms with Crippen LogP contribution >= 0.6 is 0 Å². The van der Waals surface area contributed by atoms with E-state index in [0.717, 1.165) is 17.7 Å². The summed E-state index contributed by atoms with van der Waals surface area (Å²) >= 11 is 0. The molecule has 0 saturated heterocycles. The fraction of sp³-hybridized carbons (Fsp3) is 0.412. The smallest absolute Gasteiger partial charge is 0.334 e. The van der Waals surface area contributed by atoms with Crippen molar-refractivity contribution in [3.8, 4) is 0 Å². The van der Waals surface area contributed by atoms with Gasteiger partial charge in [0, 0.05) is 23.4 Å². The second-order valence-electron chi connectivity index (χ2n) is 5.14. The molecule has 1 aromatic carbocycles. The van der Waals surface area contributed by atoms with Crippen molar-refractivity contribution in [2.24, 2.45) is 0 Å². The summed E-state index contributed by atoms with van der Waals surface area (Å²) in [5.41, 5.74) is 3.08. The molecule has 0 N–H and O–H groups in total. The number of amides is 1. The largest absolute Gasteiger partial charge is 0.466 e. The van der Waals surface area contributed by atoms with Crippen LogP contribution in [0.25, 0.3) is 0 Å². The van der Waals surface area contributed by atoms with Crippen molar-refractivity contribution in [3.63, 3.8) is 0 Å². The normalized spacial score (nSPS) is 14.2. The summed E-state index contributed by atoms with van der Waals surface area (Å²) in [6, 6.07) is 7.79. The summed E-state index contributed by atoms with van der Waals surface area (Å²) in [6.07, 6.45) is 2.10. The van der Waals surface area contributed by atoms with Crippen LogP contribution in [-0.4, -0.2) is 25.5 Å². The summed E-state index contributed by atoms with van der Waals surface area (Å²) < 4.78 is 4.79. The monoisotopic (exact) mass is 287 g/mol.